The number of nitrogens with zero attached hydrogens (tertiary/aromatic N) is 2. The van der Waals surface area contributed by atoms with E-state index in [1.165, 1.54) is 16.2 Å². The fourth-order valence-electron chi connectivity index (χ4n) is 5.62. The molecule has 9 nitrogen and oxygen atoms in total. The molecule has 0 radical (unpaired) electrons. The van der Waals surface area contributed by atoms with Crippen molar-refractivity contribution in [2.75, 3.05) is 31.8 Å². The summed E-state index contributed by atoms with van der Waals surface area (Å²) in [7, 11) is 1.64. The second kappa shape index (κ2) is 13.1. The first-order valence-electron chi connectivity index (χ1n) is 14.1. The van der Waals surface area contributed by atoms with Gasteiger partial charge in [0.15, 0.2) is 12.6 Å². The lowest BCUT2D eigenvalue weighted by molar-refractivity contribution is -0.213. The van der Waals surface area contributed by atoms with E-state index in [-0.39, 0.29) is 24.5 Å². The largest absolute Gasteiger partial charge is 0.496 e. The number of ether oxygens (including phenoxy) is 4. The third-order valence-electron chi connectivity index (χ3n) is 8.21. The Bertz CT molecular complexity index is 1170. The Labute approximate surface area is 248 Å². The molecule has 2 aromatic rings. The molecule has 0 spiro atoms. The molecular weight excluding hydrogens is 600 g/mol. The minimum atomic E-state index is -1.26. The Morgan fingerprint density at radius 2 is 1.93 bits per heavy atom. The van der Waals surface area contributed by atoms with Crippen molar-refractivity contribution in [3.05, 3.63) is 44.7 Å². The number of aliphatic hydroxyl groups is 2. The highest BCUT2D eigenvalue weighted by molar-refractivity contribution is 9.11. The van der Waals surface area contributed by atoms with Crippen molar-refractivity contribution in [2.24, 2.45) is 5.92 Å². The van der Waals surface area contributed by atoms with E-state index in [4.69, 9.17) is 18.9 Å². The molecule has 1 saturated carbocycles. The number of hydrogen-bond acceptors (Lipinski definition) is 10. The molecule has 40 heavy (non-hydrogen) atoms. The molecule has 1 aliphatic carbocycles. The summed E-state index contributed by atoms with van der Waals surface area (Å²) in [5.74, 6) is 0.319. The van der Waals surface area contributed by atoms with Crippen LogP contribution in [0.25, 0.3) is 0 Å². The van der Waals surface area contributed by atoms with E-state index in [2.05, 4.69) is 15.9 Å². The number of rotatable bonds is 10. The van der Waals surface area contributed by atoms with Gasteiger partial charge in [-0.15, -0.1) is 11.3 Å². The second-order valence-electron chi connectivity index (χ2n) is 10.6. The molecule has 1 saturated heterocycles. The topological polar surface area (TPSA) is 101 Å². The summed E-state index contributed by atoms with van der Waals surface area (Å²) in [6.07, 6.45) is 0.962. The number of benzene rings is 1. The molecule has 2 fully saturated rings. The molecule has 3 heterocycles. The van der Waals surface area contributed by atoms with Crippen molar-refractivity contribution >= 4 is 38.2 Å². The molecule has 4 atom stereocenters. The van der Waals surface area contributed by atoms with Crippen molar-refractivity contribution in [3.8, 4) is 5.75 Å². The lowest BCUT2D eigenvalue weighted by Gasteiger charge is -2.48. The number of thiophene rings is 1. The molecule has 0 amide bonds. The van der Waals surface area contributed by atoms with Crippen molar-refractivity contribution in [2.45, 2.75) is 83.4 Å². The number of esters is 1. The number of halogens is 1. The molecule has 2 aliphatic heterocycles. The van der Waals surface area contributed by atoms with Gasteiger partial charge in [-0.05, 0) is 66.6 Å². The highest BCUT2D eigenvalue weighted by atomic mass is 79.9. The predicted molar refractivity (Wildman–Crippen MR) is 155 cm³/mol. The maximum Gasteiger partial charge on any atom is 0.310 e. The van der Waals surface area contributed by atoms with Crippen molar-refractivity contribution in [3.63, 3.8) is 0 Å². The number of methoxy groups -OCH3 is 1. The molecule has 0 bridgehead atoms. The second-order valence-corrected chi connectivity index (χ2v) is 13.0. The van der Waals surface area contributed by atoms with Crippen LogP contribution in [0, 0.1) is 12.8 Å². The zero-order chi connectivity index (χ0) is 28.4. The van der Waals surface area contributed by atoms with E-state index >= 15 is 0 Å². The zero-order valence-corrected chi connectivity index (χ0v) is 25.7. The van der Waals surface area contributed by atoms with Gasteiger partial charge in [-0.3, -0.25) is 4.79 Å². The first kappa shape index (κ1) is 29.8. The summed E-state index contributed by atoms with van der Waals surface area (Å²) in [4.78, 5) is 16.2. The number of carbonyl (C=O) groups is 1. The van der Waals surface area contributed by atoms with Crippen LogP contribution in [-0.2, 0) is 19.0 Å². The Morgan fingerprint density at radius 1 is 1.20 bits per heavy atom. The average molecular weight is 640 g/mol. The summed E-state index contributed by atoms with van der Waals surface area (Å²) in [6, 6.07) is 7.76. The van der Waals surface area contributed by atoms with Crippen LogP contribution in [-0.4, -0.2) is 66.6 Å². The van der Waals surface area contributed by atoms with Crippen molar-refractivity contribution < 1.29 is 34.0 Å². The van der Waals surface area contributed by atoms with Crippen LogP contribution in [0.1, 0.15) is 74.5 Å². The van der Waals surface area contributed by atoms with E-state index in [1.807, 2.05) is 43.0 Å². The highest BCUT2D eigenvalue weighted by Crippen LogP contribution is 2.49. The fraction of sp³-hybridized carbons (Fsp3) is 0.621. The fourth-order valence-corrected chi connectivity index (χ4v) is 7.38. The van der Waals surface area contributed by atoms with E-state index in [1.54, 1.807) is 7.11 Å². The van der Waals surface area contributed by atoms with Gasteiger partial charge >= 0.3 is 5.97 Å². The van der Waals surface area contributed by atoms with Gasteiger partial charge in [0, 0.05) is 24.3 Å². The molecule has 2 N–H and O–H groups in total. The van der Waals surface area contributed by atoms with Crippen LogP contribution in [0.4, 0.5) is 5.00 Å². The summed E-state index contributed by atoms with van der Waals surface area (Å²) in [5.41, 5.74) is 2.44. The molecular formula is C29H39BrN2O7S. The molecule has 1 aromatic heterocycles. The first-order chi connectivity index (χ1) is 19.3. The normalized spacial score (nSPS) is 23.8. The monoisotopic (exact) mass is 638 g/mol. The van der Waals surface area contributed by atoms with E-state index < -0.39 is 24.9 Å². The van der Waals surface area contributed by atoms with Gasteiger partial charge in [-0.25, -0.2) is 0 Å². The van der Waals surface area contributed by atoms with Crippen molar-refractivity contribution in [1.29, 1.82) is 0 Å². The van der Waals surface area contributed by atoms with Gasteiger partial charge in [0.25, 0.3) is 0 Å². The Balaban J connectivity index is 1.50. The van der Waals surface area contributed by atoms with Gasteiger partial charge in [-0.1, -0.05) is 31.5 Å². The lowest BCUT2D eigenvalue weighted by Crippen LogP contribution is -2.59. The van der Waals surface area contributed by atoms with E-state index in [9.17, 15) is 15.0 Å². The lowest BCUT2D eigenvalue weighted by atomic mass is 9.86. The van der Waals surface area contributed by atoms with Crippen LogP contribution in [0.2, 0.25) is 0 Å². The van der Waals surface area contributed by atoms with Crippen LogP contribution in [0.3, 0.4) is 0 Å². The standard InChI is InChI=1S/C29H39BrN2O7S/c1-4-23(39-28(34)18-8-7-9-18)32-26(33)24-17(2)25(30)40-27(24)31(29(32)35)16-22(38-19-12-14-37-15-13-19)20-10-5-6-11-21(20)36-3/h5-6,10-11,18-19,22-23,26,29,33,35H,4,7-9,12-16H2,1-3H3/t22-,23+,26+,29-/m0/s1. The van der Waals surface area contributed by atoms with Crippen LogP contribution < -0.4 is 9.64 Å². The van der Waals surface area contributed by atoms with Crippen LogP contribution in [0.5, 0.6) is 5.75 Å². The molecule has 1 aromatic carbocycles. The maximum absolute atomic E-state index is 12.8. The van der Waals surface area contributed by atoms with Gasteiger partial charge in [0.1, 0.15) is 23.1 Å². The molecule has 11 heteroatoms. The van der Waals surface area contributed by atoms with Crippen molar-refractivity contribution in [1.82, 2.24) is 4.90 Å². The number of fused-ring (bicyclic) bond motifs is 1. The summed E-state index contributed by atoms with van der Waals surface area (Å²) >= 11 is 5.11. The van der Waals surface area contributed by atoms with Gasteiger partial charge in [0.05, 0.1) is 29.5 Å². The third-order valence-corrected chi connectivity index (χ3v) is 10.4. The smallest absolute Gasteiger partial charge is 0.310 e. The third kappa shape index (κ3) is 5.92. The molecule has 220 valence electrons. The van der Waals surface area contributed by atoms with Gasteiger partial charge in [-0.2, -0.15) is 4.90 Å². The Hall–Kier alpha value is -1.73. The number of hydrogen-bond donors (Lipinski definition) is 2. The Kier molecular flexibility index (Phi) is 9.71. The summed E-state index contributed by atoms with van der Waals surface area (Å²) in [6.45, 7) is 5.39. The number of para-hydroxylation sites is 1. The van der Waals surface area contributed by atoms with Crippen LogP contribution >= 0.6 is 27.3 Å². The number of aliphatic hydroxyl groups excluding tert-OH is 2. The predicted octanol–water partition coefficient (Wildman–Crippen LogP) is 5.23. The number of anilines is 1. The highest BCUT2D eigenvalue weighted by Gasteiger charge is 2.46. The van der Waals surface area contributed by atoms with E-state index in [0.29, 0.717) is 30.9 Å². The zero-order valence-electron chi connectivity index (χ0n) is 23.3. The maximum atomic E-state index is 12.8. The van der Waals surface area contributed by atoms with Gasteiger partial charge < -0.3 is 34.1 Å². The molecule has 0 unspecified atom stereocenters. The molecule has 3 aliphatic rings. The number of carbonyl (C=O) groups excluding carboxylic acids is 1. The van der Waals surface area contributed by atoms with Gasteiger partial charge in [0.2, 0.25) is 0 Å². The Morgan fingerprint density at radius 3 is 2.58 bits per heavy atom. The summed E-state index contributed by atoms with van der Waals surface area (Å²) < 4.78 is 24.7. The molecule has 5 rings (SSSR count). The van der Waals surface area contributed by atoms with E-state index in [0.717, 1.165) is 52.0 Å². The average Bonchev–Trinajstić information content (AvgIpc) is 3.23. The first-order valence-corrected chi connectivity index (χ1v) is 15.7. The van der Waals surface area contributed by atoms with Crippen LogP contribution in [0.15, 0.2) is 28.1 Å². The quantitative estimate of drug-likeness (QED) is 0.339. The minimum Gasteiger partial charge on any atom is -0.496 e. The summed E-state index contributed by atoms with van der Waals surface area (Å²) in [5, 5.41) is 24.2. The minimum absolute atomic E-state index is 0.00427. The SMILES string of the molecule is CC[C@@H](OC(=O)C1CCC1)N1[C@H](O)c2c(sc(Br)c2C)N(C[C@H](OC2CCOCC2)c2ccccc2OC)[C@@H]1O.